The summed E-state index contributed by atoms with van der Waals surface area (Å²) in [5.41, 5.74) is 10.7. The molecule has 7 heteroatoms. The molecule has 0 saturated heterocycles. The van der Waals surface area contributed by atoms with Gasteiger partial charge in [0, 0.05) is 29.1 Å². The number of carbonyl (C=O) groups excluding carboxylic acids is 1. The van der Waals surface area contributed by atoms with E-state index in [4.69, 9.17) is 15.5 Å². The van der Waals surface area contributed by atoms with Crippen LogP contribution in [-0.2, 0) is 10.2 Å². The molecule has 2 aromatic carbocycles. The molecule has 0 saturated carbocycles. The molecule has 3 aromatic rings. The number of anilines is 1. The molecular weight excluding hydrogens is 416 g/mol. The molecule has 0 radical (unpaired) electrons. The summed E-state index contributed by atoms with van der Waals surface area (Å²) in [5.74, 6) is 0.581. The number of amides is 1. The number of aliphatic hydroxyl groups excluding tert-OH is 1. The summed E-state index contributed by atoms with van der Waals surface area (Å²) in [7, 11) is 0. The number of aliphatic hydroxyl groups is 1. The highest BCUT2D eigenvalue weighted by molar-refractivity contribution is 5.69. The summed E-state index contributed by atoms with van der Waals surface area (Å²) in [5, 5.41) is 13.0. The molecule has 0 spiro atoms. The van der Waals surface area contributed by atoms with Crippen LogP contribution in [0.4, 0.5) is 10.5 Å². The van der Waals surface area contributed by atoms with Crippen LogP contribution in [0.15, 0.2) is 54.7 Å². The fraction of sp³-hybridized carbons (Fsp3) is 0.346. The van der Waals surface area contributed by atoms with Gasteiger partial charge in [-0.15, -0.1) is 0 Å². The number of nitrogens with two attached hydrogens (primary N) is 1. The van der Waals surface area contributed by atoms with E-state index in [0.29, 0.717) is 17.4 Å². The average molecular weight is 449 g/mol. The highest BCUT2D eigenvalue weighted by Gasteiger charge is 2.20. The van der Waals surface area contributed by atoms with E-state index >= 15 is 0 Å². The minimum Gasteiger partial charge on any atom is -0.439 e. The van der Waals surface area contributed by atoms with Gasteiger partial charge in [0.25, 0.3) is 0 Å². The van der Waals surface area contributed by atoms with Crippen LogP contribution in [0.25, 0.3) is 22.6 Å². The highest BCUT2D eigenvalue weighted by atomic mass is 16.6. The standard InChI is InChI=1S/C26H32N4O3/c1-16(2)29-22-11-10-19(14-20(22)26(3,4)5)21-12-13-28-24(30-21)18-8-6-17(7-9-18)23(15-31)33-25(27)32/h6-14,16,23,29,31H,15H2,1-5H3,(H2,27,32). The molecule has 0 aliphatic rings. The molecular formula is C26H32N4O3. The van der Waals surface area contributed by atoms with Crippen LogP contribution in [0.5, 0.6) is 0 Å². The van der Waals surface area contributed by atoms with E-state index in [0.717, 1.165) is 22.5 Å². The minimum absolute atomic E-state index is 0.0326. The van der Waals surface area contributed by atoms with Gasteiger partial charge >= 0.3 is 6.09 Å². The normalized spacial score (nSPS) is 12.5. The van der Waals surface area contributed by atoms with Crippen LogP contribution in [0, 0.1) is 0 Å². The third kappa shape index (κ3) is 6.08. The maximum absolute atomic E-state index is 11.0. The Morgan fingerprint density at radius 3 is 2.33 bits per heavy atom. The van der Waals surface area contributed by atoms with Gasteiger partial charge in [0.2, 0.25) is 0 Å². The Morgan fingerprint density at radius 2 is 1.76 bits per heavy atom. The molecule has 1 atom stereocenters. The van der Waals surface area contributed by atoms with E-state index in [1.54, 1.807) is 18.3 Å². The number of carbonyl (C=O) groups is 1. The van der Waals surface area contributed by atoms with Crippen LogP contribution in [0.2, 0.25) is 0 Å². The third-order valence-electron chi connectivity index (χ3n) is 5.19. The molecule has 1 amide bonds. The lowest BCUT2D eigenvalue weighted by atomic mass is 9.84. The number of primary amides is 1. The van der Waals surface area contributed by atoms with Crippen molar-refractivity contribution in [2.75, 3.05) is 11.9 Å². The van der Waals surface area contributed by atoms with Crippen LogP contribution in [0.3, 0.4) is 0 Å². The molecule has 33 heavy (non-hydrogen) atoms. The Balaban J connectivity index is 1.93. The Bertz CT molecular complexity index is 1110. The van der Waals surface area contributed by atoms with E-state index < -0.39 is 12.2 Å². The summed E-state index contributed by atoms with van der Waals surface area (Å²) < 4.78 is 4.93. The van der Waals surface area contributed by atoms with Crippen molar-refractivity contribution in [2.45, 2.75) is 52.2 Å². The molecule has 0 fully saturated rings. The molecule has 7 nitrogen and oxygen atoms in total. The minimum atomic E-state index is -0.932. The molecule has 4 N–H and O–H groups in total. The van der Waals surface area contributed by atoms with Crippen molar-refractivity contribution in [3.63, 3.8) is 0 Å². The summed E-state index contributed by atoms with van der Waals surface area (Å²) in [6, 6.07) is 15.8. The van der Waals surface area contributed by atoms with Crippen LogP contribution in [-0.4, -0.2) is 33.8 Å². The Kier molecular flexibility index (Phi) is 7.33. The van der Waals surface area contributed by atoms with Gasteiger partial charge in [0.05, 0.1) is 12.3 Å². The molecule has 1 unspecified atom stereocenters. The summed E-state index contributed by atoms with van der Waals surface area (Å²) >= 11 is 0. The Morgan fingerprint density at radius 1 is 1.09 bits per heavy atom. The zero-order valence-electron chi connectivity index (χ0n) is 19.8. The maximum Gasteiger partial charge on any atom is 0.405 e. The zero-order valence-corrected chi connectivity index (χ0v) is 19.8. The molecule has 0 aliphatic heterocycles. The molecule has 1 aromatic heterocycles. The van der Waals surface area contributed by atoms with Crippen molar-refractivity contribution in [1.82, 2.24) is 9.97 Å². The van der Waals surface area contributed by atoms with Gasteiger partial charge in [-0.3, -0.25) is 0 Å². The highest BCUT2D eigenvalue weighted by Crippen LogP contribution is 2.34. The fourth-order valence-corrected chi connectivity index (χ4v) is 3.62. The summed E-state index contributed by atoms with van der Waals surface area (Å²) in [6.07, 6.45) is 0.00555. The maximum atomic E-state index is 11.0. The third-order valence-corrected chi connectivity index (χ3v) is 5.19. The lowest BCUT2D eigenvalue weighted by molar-refractivity contribution is 0.0633. The van der Waals surface area contributed by atoms with Gasteiger partial charge < -0.3 is 20.9 Å². The summed E-state index contributed by atoms with van der Waals surface area (Å²) in [6.45, 7) is 10.5. The summed E-state index contributed by atoms with van der Waals surface area (Å²) in [4.78, 5) is 20.2. The van der Waals surface area contributed by atoms with Gasteiger partial charge in [0.1, 0.15) is 0 Å². The van der Waals surface area contributed by atoms with Gasteiger partial charge in [-0.2, -0.15) is 0 Å². The first-order valence-electron chi connectivity index (χ1n) is 11.0. The second kappa shape index (κ2) is 10.0. The van der Waals surface area contributed by atoms with Gasteiger partial charge in [-0.05, 0) is 48.6 Å². The van der Waals surface area contributed by atoms with E-state index in [-0.39, 0.29) is 12.0 Å². The van der Waals surface area contributed by atoms with E-state index in [1.165, 1.54) is 5.56 Å². The number of hydrogen-bond donors (Lipinski definition) is 3. The molecule has 1 heterocycles. The number of nitrogens with one attached hydrogen (secondary N) is 1. The van der Waals surface area contributed by atoms with Crippen molar-refractivity contribution in [3.05, 3.63) is 65.9 Å². The van der Waals surface area contributed by atoms with Crippen LogP contribution < -0.4 is 11.1 Å². The first-order chi connectivity index (χ1) is 15.6. The van der Waals surface area contributed by atoms with Gasteiger partial charge in [-0.1, -0.05) is 51.1 Å². The van der Waals surface area contributed by atoms with E-state index in [2.05, 4.69) is 63.1 Å². The van der Waals surface area contributed by atoms with Crippen molar-refractivity contribution in [2.24, 2.45) is 5.73 Å². The predicted octanol–water partition coefficient (Wildman–Crippen LogP) is 5.06. The number of hydrogen-bond acceptors (Lipinski definition) is 6. The first kappa shape index (κ1) is 24.2. The topological polar surface area (TPSA) is 110 Å². The van der Waals surface area contributed by atoms with Crippen LogP contribution in [0.1, 0.15) is 51.8 Å². The molecule has 0 bridgehead atoms. The number of rotatable bonds is 7. The smallest absolute Gasteiger partial charge is 0.405 e. The number of benzene rings is 2. The Hall–Kier alpha value is -3.45. The number of ether oxygens (including phenoxy) is 1. The van der Waals surface area contributed by atoms with Gasteiger partial charge in [0.15, 0.2) is 11.9 Å². The van der Waals surface area contributed by atoms with Crippen molar-refractivity contribution < 1.29 is 14.6 Å². The molecule has 174 valence electrons. The van der Waals surface area contributed by atoms with Crippen LogP contribution >= 0.6 is 0 Å². The van der Waals surface area contributed by atoms with E-state index in [1.807, 2.05) is 18.2 Å². The molecule has 0 aliphatic carbocycles. The second-order valence-corrected chi connectivity index (χ2v) is 9.31. The SMILES string of the molecule is CC(C)Nc1ccc(-c2ccnc(-c3ccc(C(CO)OC(N)=O)cc3)n2)cc1C(C)(C)C. The monoisotopic (exact) mass is 448 g/mol. The van der Waals surface area contributed by atoms with Crippen molar-refractivity contribution >= 4 is 11.8 Å². The Labute approximate surface area is 195 Å². The predicted molar refractivity (Wildman–Crippen MR) is 131 cm³/mol. The molecule has 3 rings (SSSR count). The fourth-order valence-electron chi connectivity index (χ4n) is 3.62. The first-order valence-corrected chi connectivity index (χ1v) is 11.0. The number of aromatic nitrogens is 2. The van der Waals surface area contributed by atoms with E-state index in [9.17, 15) is 9.90 Å². The van der Waals surface area contributed by atoms with Gasteiger partial charge in [-0.25, -0.2) is 14.8 Å². The second-order valence-electron chi connectivity index (χ2n) is 9.31. The lowest BCUT2D eigenvalue weighted by Gasteiger charge is -2.25. The van der Waals surface area contributed by atoms with Crippen molar-refractivity contribution in [3.8, 4) is 22.6 Å². The zero-order chi connectivity index (χ0) is 24.2. The number of nitrogens with zero attached hydrogens (tertiary/aromatic N) is 2. The average Bonchev–Trinajstić information content (AvgIpc) is 2.77. The quantitative estimate of drug-likeness (QED) is 0.466. The van der Waals surface area contributed by atoms with Crippen molar-refractivity contribution in [1.29, 1.82) is 0 Å². The lowest BCUT2D eigenvalue weighted by Crippen LogP contribution is -2.19. The largest absolute Gasteiger partial charge is 0.439 e.